The molecule has 16 heavy (non-hydrogen) atoms. The van der Waals surface area contributed by atoms with Crippen molar-refractivity contribution in [2.24, 2.45) is 0 Å². The van der Waals surface area contributed by atoms with Gasteiger partial charge in [0.05, 0.1) is 5.52 Å². The molecule has 0 aliphatic rings. The molecule has 3 heteroatoms. The lowest BCUT2D eigenvalue weighted by Crippen LogP contribution is -2.05. The van der Waals surface area contributed by atoms with Gasteiger partial charge in [0.1, 0.15) is 0 Å². The summed E-state index contributed by atoms with van der Waals surface area (Å²) in [4.78, 5) is 4.78. The maximum Gasteiger partial charge on any atom is 0.0719 e. The van der Waals surface area contributed by atoms with E-state index in [1.807, 2.05) is 24.4 Å². The molecule has 0 saturated heterocycles. The van der Waals surface area contributed by atoms with E-state index in [1.165, 1.54) is 10.9 Å². The number of halogens is 2. The van der Waals surface area contributed by atoms with Crippen LogP contribution < -0.4 is 0 Å². The van der Waals surface area contributed by atoms with Crippen LogP contribution >= 0.6 is 27.5 Å². The summed E-state index contributed by atoms with van der Waals surface area (Å²) in [7, 11) is 0. The number of hydrogen-bond acceptors (Lipinski definition) is 1. The van der Waals surface area contributed by atoms with E-state index in [-0.39, 0.29) is 0 Å². The van der Waals surface area contributed by atoms with Gasteiger partial charge < -0.3 is 0 Å². The number of pyridine rings is 1. The van der Waals surface area contributed by atoms with Gasteiger partial charge in [-0.2, -0.15) is 0 Å². The largest absolute Gasteiger partial charge is 0.256 e. The minimum atomic E-state index is 0.439. The van der Waals surface area contributed by atoms with E-state index in [0.29, 0.717) is 10.7 Å². The van der Waals surface area contributed by atoms with Crippen molar-refractivity contribution >= 4 is 38.4 Å². The Morgan fingerprint density at radius 1 is 1.25 bits per heavy atom. The quantitative estimate of drug-likeness (QED) is 0.727. The molecule has 1 heterocycles. The van der Waals surface area contributed by atoms with Gasteiger partial charge in [-0.05, 0) is 29.7 Å². The number of alkyl halides is 1. The Labute approximate surface area is 109 Å². The molecule has 0 aliphatic carbocycles. The van der Waals surface area contributed by atoms with Crippen molar-refractivity contribution in [2.45, 2.75) is 24.6 Å². The monoisotopic (exact) mass is 297 g/mol. The summed E-state index contributed by atoms with van der Waals surface area (Å²) in [5, 5.41) is 1.92. The van der Waals surface area contributed by atoms with E-state index < -0.39 is 0 Å². The normalized spacial score (nSPS) is 15.0. The van der Waals surface area contributed by atoms with E-state index in [0.717, 1.165) is 10.5 Å². The molecule has 84 valence electrons. The number of fused-ring (bicyclic) bond motifs is 1. The minimum absolute atomic E-state index is 0.439. The predicted octanol–water partition coefficient (Wildman–Crippen LogP) is 4.78. The summed E-state index contributed by atoms with van der Waals surface area (Å²) in [6.07, 6.45) is 1.85. The van der Waals surface area contributed by atoms with Crippen LogP contribution in [0.5, 0.6) is 0 Å². The lowest BCUT2D eigenvalue weighted by atomic mass is 9.95. The topological polar surface area (TPSA) is 12.9 Å². The van der Waals surface area contributed by atoms with Crippen molar-refractivity contribution in [3.63, 3.8) is 0 Å². The zero-order chi connectivity index (χ0) is 11.7. The molecule has 0 amide bonds. The zero-order valence-electron chi connectivity index (χ0n) is 9.24. The zero-order valence-corrected chi connectivity index (χ0v) is 11.6. The molecular formula is C13H13BrClN. The highest BCUT2D eigenvalue weighted by Crippen LogP contribution is 2.30. The lowest BCUT2D eigenvalue weighted by molar-refractivity contribution is 0.767. The van der Waals surface area contributed by atoms with Crippen LogP contribution in [-0.4, -0.2) is 9.81 Å². The maximum absolute atomic E-state index is 5.96. The molecule has 1 nitrogen and oxygen atoms in total. The summed E-state index contributed by atoms with van der Waals surface area (Å²) in [6, 6.07) is 7.96. The van der Waals surface area contributed by atoms with E-state index in [2.05, 4.69) is 40.8 Å². The van der Waals surface area contributed by atoms with Crippen molar-refractivity contribution in [1.29, 1.82) is 0 Å². The van der Waals surface area contributed by atoms with Crippen LogP contribution in [0.2, 0.25) is 5.02 Å². The summed E-state index contributed by atoms with van der Waals surface area (Å²) in [5.74, 6) is 0.451. The molecule has 0 N–H and O–H groups in total. The molecule has 1 aromatic heterocycles. The molecule has 0 aliphatic heterocycles. The lowest BCUT2D eigenvalue weighted by Gasteiger charge is -2.16. The predicted molar refractivity (Wildman–Crippen MR) is 73.6 cm³/mol. The third-order valence-corrected chi connectivity index (χ3v) is 3.95. The highest BCUT2D eigenvalue weighted by Gasteiger charge is 2.14. The Hall–Kier alpha value is -0.600. The first-order valence-corrected chi connectivity index (χ1v) is 6.57. The Kier molecular flexibility index (Phi) is 3.50. The van der Waals surface area contributed by atoms with Crippen LogP contribution in [0.3, 0.4) is 0 Å². The number of benzene rings is 1. The fraction of sp³-hybridized carbons (Fsp3) is 0.308. The van der Waals surface area contributed by atoms with Gasteiger partial charge >= 0.3 is 0 Å². The average molecular weight is 299 g/mol. The Bertz CT molecular complexity index is 510. The van der Waals surface area contributed by atoms with Gasteiger partial charge in [-0.15, -0.1) is 0 Å². The van der Waals surface area contributed by atoms with Gasteiger partial charge in [-0.3, -0.25) is 4.98 Å². The number of nitrogens with zero attached hydrogens (tertiary/aromatic N) is 1. The van der Waals surface area contributed by atoms with E-state index in [4.69, 9.17) is 11.6 Å². The highest BCUT2D eigenvalue weighted by atomic mass is 79.9. The third-order valence-electron chi connectivity index (χ3n) is 2.92. The minimum Gasteiger partial charge on any atom is -0.256 e. The summed E-state index contributed by atoms with van der Waals surface area (Å²) < 4.78 is 0. The summed E-state index contributed by atoms with van der Waals surface area (Å²) in [5.41, 5.74) is 2.27. The molecule has 1 aromatic carbocycles. The van der Waals surface area contributed by atoms with Gasteiger partial charge in [-0.1, -0.05) is 47.4 Å². The molecule has 2 atom stereocenters. The smallest absolute Gasteiger partial charge is 0.0719 e. The van der Waals surface area contributed by atoms with Gasteiger partial charge in [0.25, 0.3) is 0 Å². The average Bonchev–Trinajstić information content (AvgIpc) is 2.26. The van der Waals surface area contributed by atoms with E-state index in [9.17, 15) is 0 Å². The molecule has 2 unspecified atom stereocenters. The Balaban J connectivity index is 2.62. The molecule has 0 radical (unpaired) electrons. The van der Waals surface area contributed by atoms with Gasteiger partial charge in [0.15, 0.2) is 0 Å². The second-order valence-electron chi connectivity index (χ2n) is 4.03. The van der Waals surface area contributed by atoms with E-state index >= 15 is 0 Å². The van der Waals surface area contributed by atoms with Crippen molar-refractivity contribution in [2.75, 3.05) is 0 Å². The molecule has 0 spiro atoms. The second kappa shape index (κ2) is 4.72. The first kappa shape index (κ1) is 11.9. The molecule has 2 aromatic rings. The molecule has 0 saturated carbocycles. The fourth-order valence-corrected chi connectivity index (χ4v) is 2.24. The molecule has 0 bridgehead atoms. The number of aromatic nitrogens is 1. The molecular weight excluding hydrogens is 286 g/mol. The summed E-state index contributed by atoms with van der Waals surface area (Å²) in [6.45, 7) is 4.37. The highest BCUT2D eigenvalue weighted by molar-refractivity contribution is 9.09. The van der Waals surface area contributed by atoms with Gasteiger partial charge in [-0.25, -0.2) is 0 Å². The maximum atomic E-state index is 5.96. The van der Waals surface area contributed by atoms with Crippen LogP contribution in [0.1, 0.15) is 25.3 Å². The SMILES string of the molecule is CC(Br)C(C)c1ccnc2cc(Cl)ccc12. The molecule has 0 fully saturated rings. The molecule has 2 rings (SSSR count). The second-order valence-corrected chi connectivity index (χ2v) is 5.91. The van der Waals surface area contributed by atoms with Gasteiger partial charge in [0, 0.05) is 21.4 Å². The Morgan fingerprint density at radius 2 is 2.00 bits per heavy atom. The first-order valence-electron chi connectivity index (χ1n) is 5.28. The standard InChI is InChI=1S/C13H13BrClN/c1-8(9(2)14)11-5-6-16-13-7-10(15)3-4-12(11)13/h3-9H,1-2H3. The van der Waals surface area contributed by atoms with Crippen LogP contribution in [0.25, 0.3) is 10.9 Å². The number of hydrogen-bond donors (Lipinski definition) is 0. The van der Waals surface area contributed by atoms with Crippen LogP contribution in [0.15, 0.2) is 30.5 Å². The van der Waals surface area contributed by atoms with E-state index in [1.54, 1.807) is 0 Å². The van der Waals surface area contributed by atoms with Crippen LogP contribution in [0, 0.1) is 0 Å². The fourth-order valence-electron chi connectivity index (χ4n) is 1.79. The number of rotatable bonds is 2. The van der Waals surface area contributed by atoms with Gasteiger partial charge in [0.2, 0.25) is 0 Å². The summed E-state index contributed by atoms with van der Waals surface area (Å²) >= 11 is 9.59. The third kappa shape index (κ3) is 2.23. The van der Waals surface area contributed by atoms with Crippen molar-refractivity contribution in [1.82, 2.24) is 4.98 Å². The van der Waals surface area contributed by atoms with Crippen LogP contribution in [-0.2, 0) is 0 Å². The van der Waals surface area contributed by atoms with Crippen LogP contribution in [0.4, 0.5) is 0 Å². The Morgan fingerprint density at radius 3 is 2.69 bits per heavy atom. The van der Waals surface area contributed by atoms with Crippen molar-refractivity contribution in [3.8, 4) is 0 Å². The van der Waals surface area contributed by atoms with Crippen molar-refractivity contribution < 1.29 is 0 Å². The van der Waals surface area contributed by atoms with Crippen molar-refractivity contribution in [3.05, 3.63) is 41.0 Å². The first-order chi connectivity index (χ1) is 7.59.